The second kappa shape index (κ2) is 9.82. The summed E-state index contributed by atoms with van der Waals surface area (Å²) >= 11 is 0. The lowest BCUT2D eigenvalue weighted by Gasteiger charge is -2.25. The van der Waals surface area contributed by atoms with Crippen LogP contribution in [0.4, 0.5) is 0 Å². The van der Waals surface area contributed by atoms with E-state index < -0.39 is 0 Å². The fourth-order valence-electron chi connectivity index (χ4n) is 5.32. The maximum Gasteiger partial charge on any atom is 0.168 e. The third-order valence-corrected chi connectivity index (χ3v) is 7.11. The highest BCUT2D eigenvalue weighted by molar-refractivity contribution is 6.24. The summed E-state index contributed by atoms with van der Waals surface area (Å²) in [5.41, 5.74) is 4.23. The van der Waals surface area contributed by atoms with Gasteiger partial charge in [-0.3, -0.25) is 14.6 Å². The van der Waals surface area contributed by atoms with E-state index >= 15 is 0 Å². The van der Waals surface area contributed by atoms with E-state index in [2.05, 4.69) is 10.1 Å². The molecule has 35 heavy (non-hydrogen) atoms. The van der Waals surface area contributed by atoms with Gasteiger partial charge in [0.1, 0.15) is 11.5 Å². The normalized spacial score (nSPS) is 22.8. The first-order valence-electron chi connectivity index (χ1n) is 12.1. The Morgan fingerprint density at radius 1 is 0.914 bits per heavy atom. The first-order chi connectivity index (χ1) is 17.0. The minimum Gasteiger partial charge on any atom is -0.511 e. The van der Waals surface area contributed by atoms with E-state index in [1.54, 1.807) is 7.05 Å². The van der Waals surface area contributed by atoms with Gasteiger partial charge < -0.3 is 9.63 Å². The molecule has 2 aliphatic carbocycles. The molecule has 5 rings (SSSR count). The number of fused-ring (bicyclic) bond motifs is 1. The number of aliphatic imine (C=N–C) groups is 1. The summed E-state index contributed by atoms with van der Waals surface area (Å²) in [5.74, 6) is 0.646. The number of hydrogen-bond donors (Lipinski definition) is 1. The van der Waals surface area contributed by atoms with E-state index in [9.17, 15) is 14.7 Å². The molecule has 0 radical (unpaired) electrons. The molecule has 6 heteroatoms. The average Bonchev–Trinajstić information content (AvgIpc) is 3.31. The number of allylic oxidation sites excluding steroid dienone is 2. The zero-order valence-electron chi connectivity index (χ0n) is 19.7. The van der Waals surface area contributed by atoms with Crippen molar-refractivity contribution in [3.05, 3.63) is 100 Å². The number of nitrogens with zero attached hydrogens (tertiary/aromatic N) is 2. The van der Waals surface area contributed by atoms with Crippen LogP contribution < -0.4 is 0 Å². The molecule has 0 aliphatic heterocycles. The highest BCUT2D eigenvalue weighted by Crippen LogP contribution is 2.36. The number of aryl methyl sites for hydroxylation is 1. The van der Waals surface area contributed by atoms with Crippen molar-refractivity contribution in [1.82, 2.24) is 5.16 Å². The summed E-state index contributed by atoms with van der Waals surface area (Å²) in [6.45, 7) is 0. The van der Waals surface area contributed by atoms with Gasteiger partial charge in [0.05, 0.1) is 16.8 Å². The monoisotopic (exact) mass is 468 g/mol. The van der Waals surface area contributed by atoms with E-state index in [1.807, 2.05) is 60.7 Å². The second-order valence-corrected chi connectivity index (χ2v) is 9.30. The highest BCUT2D eigenvalue weighted by atomic mass is 16.5. The van der Waals surface area contributed by atoms with Crippen LogP contribution in [0.5, 0.6) is 0 Å². The summed E-state index contributed by atoms with van der Waals surface area (Å²) < 4.78 is 5.55. The van der Waals surface area contributed by atoms with Crippen LogP contribution in [0, 0.1) is 0 Å². The Kier molecular flexibility index (Phi) is 6.45. The molecule has 0 saturated heterocycles. The molecule has 0 bridgehead atoms. The minimum absolute atomic E-state index is 0.00396. The van der Waals surface area contributed by atoms with Crippen LogP contribution in [0.3, 0.4) is 0 Å². The molecular formula is C29H28N2O4. The molecular weight excluding hydrogens is 440 g/mol. The molecule has 1 N–H and O–H groups in total. The van der Waals surface area contributed by atoms with Gasteiger partial charge in [0.15, 0.2) is 11.6 Å². The molecule has 0 spiro atoms. The molecule has 0 amide bonds. The lowest BCUT2D eigenvalue weighted by atomic mass is 9.78. The first kappa shape index (κ1) is 23.0. The van der Waals surface area contributed by atoms with Crippen LogP contribution in [0.1, 0.15) is 70.5 Å². The van der Waals surface area contributed by atoms with Crippen LogP contribution >= 0.6 is 0 Å². The van der Waals surface area contributed by atoms with Crippen molar-refractivity contribution >= 4 is 17.3 Å². The number of rotatable bonds is 5. The summed E-state index contributed by atoms with van der Waals surface area (Å²) in [7, 11) is 1.65. The van der Waals surface area contributed by atoms with Crippen LogP contribution in [0.25, 0.3) is 0 Å². The predicted octanol–water partition coefficient (Wildman–Crippen LogP) is 5.55. The number of aliphatic hydroxyl groups excluding tert-OH is 1. The van der Waals surface area contributed by atoms with Crippen molar-refractivity contribution < 1.29 is 19.2 Å². The SMILES string of the molecule is CN=C1CC(c2ccccc2)CC(=O)C1=C(O)CCc1noc2c1C(=O)CC(c1ccccc1)C2. The van der Waals surface area contributed by atoms with Crippen molar-refractivity contribution in [2.75, 3.05) is 7.05 Å². The average molecular weight is 469 g/mol. The first-order valence-corrected chi connectivity index (χ1v) is 12.1. The lowest BCUT2D eigenvalue weighted by Crippen LogP contribution is -2.26. The Labute approximate surface area is 204 Å². The van der Waals surface area contributed by atoms with E-state index in [4.69, 9.17) is 4.52 Å². The van der Waals surface area contributed by atoms with Crippen molar-refractivity contribution in [2.24, 2.45) is 4.99 Å². The quantitative estimate of drug-likeness (QED) is 0.391. The molecule has 2 aliphatic rings. The van der Waals surface area contributed by atoms with Crippen molar-refractivity contribution in [3.63, 3.8) is 0 Å². The highest BCUT2D eigenvalue weighted by Gasteiger charge is 2.34. The number of aromatic nitrogens is 1. The zero-order chi connectivity index (χ0) is 24.4. The number of carbonyl (C=O) groups excluding carboxylic acids is 2. The maximum absolute atomic E-state index is 13.0. The number of aliphatic hydroxyl groups is 1. The third-order valence-electron chi connectivity index (χ3n) is 7.11. The van der Waals surface area contributed by atoms with E-state index in [-0.39, 0.29) is 35.6 Å². The molecule has 2 unspecified atom stereocenters. The van der Waals surface area contributed by atoms with Crippen LogP contribution in [-0.2, 0) is 17.6 Å². The number of carbonyl (C=O) groups is 2. The van der Waals surface area contributed by atoms with Gasteiger partial charge in [0.25, 0.3) is 0 Å². The Hall–Kier alpha value is -3.80. The van der Waals surface area contributed by atoms with Gasteiger partial charge in [-0.1, -0.05) is 65.8 Å². The summed E-state index contributed by atoms with van der Waals surface area (Å²) in [6.07, 6.45) is 2.49. The van der Waals surface area contributed by atoms with Crippen LogP contribution in [0.15, 0.2) is 81.5 Å². The smallest absolute Gasteiger partial charge is 0.168 e. The molecule has 1 aromatic heterocycles. The van der Waals surface area contributed by atoms with Gasteiger partial charge in [-0.05, 0) is 29.4 Å². The molecule has 2 atom stereocenters. The molecule has 1 heterocycles. The van der Waals surface area contributed by atoms with Gasteiger partial charge in [-0.15, -0.1) is 0 Å². The Morgan fingerprint density at radius 3 is 2.14 bits per heavy atom. The molecule has 2 aromatic carbocycles. The van der Waals surface area contributed by atoms with Crippen molar-refractivity contribution in [3.8, 4) is 0 Å². The Balaban J connectivity index is 1.31. The van der Waals surface area contributed by atoms with Gasteiger partial charge >= 0.3 is 0 Å². The maximum atomic E-state index is 13.0. The molecule has 1 fully saturated rings. The summed E-state index contributed by atoms with van der Waals surface area (Å²) in [4.78, 5) is 30.3. The molecule has 178 valence electrons. The summed E-state index contributed by atoms with van der Waals surface area (Å²) in [6, 6.07) is 19.9. The van der Waals surface area contributed by atoms with Crippen LogP contribution in [0.2, 0.25) is 0 Å². The molecule has 3 aromatic rings. The topological polar surface area (TPSA) is 92.8 Å². The fourth-order valence-corrected chi connectivity index (χ4v) is 5.32. The number of ketones is 2. The van der Waals surface area contributed by atoms with E-state index in [0.717, 1.165) is 11.1 Å². The van der Waals surface area contributed by atoms with Crippen molar-refractivity contribution in [1.29, 1.82) is 0 Å². The predicted molar refractivity (Wildman–Crippen MR) is 133 cm³/mol. The third kappa shape index (κ3) is 4.61. The number of Topliss-reactive ketones (excluding diaryl/α,β-unsaturated/α-hetero) is 2. The largest absolute Gasteiger partial charge is 0.511 e. The second-order valence-electron chi connectivity index (χ2n) is 9.30. The van der Waals surface area contributed by atoms with Gasteiger partial charge in [0.2, 0.25) is 0 Å². The minimum atomic E-state index is -0.104. The molecule has 6 nitrogen and oxygen atoms in total. The van der Waals surface area contributed by atoms with Gasteiger partial charge in [-0.25, -0.2) is 0 Å². The van der Waals surface area contributed by atoms with E-state index in [1.165, 1.54) is 0 Å². The van der Waals surface area contributed by atoms with Gasteiger partial charge in [-0.2, -0.15) is 0 Å². The lowest BCUT2D eigenvalue weighted by molar-refractivity contribution is -0.116. The van der Waals surface area contributed by atoms with E-state index in [0.29, 0.717) is 60.4 Å². The summed E-state index contributed by atoms with van der Waals surface area (Å²) in [5, 5.41) is 15.1. The Bertz CT molecular complexity index is 1300. The Morgan fingerprint density at radius 2 is 1.51 bits per heavy atom. The molecule has 1 saturated carbocycles. The standard InChI is InChI=1S/C29H28N2O4/c1-30-23-14-20(18-8-4-2-5-9-18)15-25(33)28(23)24(32)13-12-22-29-26(34)16-21(17-27(29)35-31-22)19-10-6-3-7-11-19/h2-11,20-21,32H,12-17H2,1H3. The number of hydrogen-bond acceptors (Lipinski definition) is 6. The van der Waals surface area contributed by atoms with Gasteiger partial charge in [0, 0.05) is 44.9 Å². The van der Waals surface area contributed by atoms with Crippen molar-refractivity contribution in [2.45, 2.75) is 50.4 Å². The van der Waals surface area contributed by atoms with Crippen LogP contribution in [-0.4, -0.2) is 34.6 Å². The number of benzene rings is 2. The zero-order valence-corrected chi connectivity index (χ0v) is 19.7. The fraction of sp³-hybridized carbons (Fsp3) is 0.310.